The molecule has 2 heterocycles. The first-order valence-corrected chi connectivity index (χ1v) is 9.87. The Morgan fingerprint density at radius 1 is 0.889 bits per heavy atom. The van der Waals surface area contributed by atoms with Gasteiger partial charge in [0.05, 0.1) is 19.3 Å². The van der Waals surface area contributed by atoms with E-state index in [9.17, 15) is 8.78 Å². The van der Waals surface area contributed by atoms with E-state index >= 15 is 0 Å². The summed E-state index contributed by atoms with van der Waals surface area (Å²) in [6, 6.07) is 7.83. The topological polar surface area (TPSA) is 27.7 Å². The lowest BCUT2D eigenvalue weighted by Gasteiger charge is -2.37. The molecule has 27 heavy (non-hydrogen) atoms. The molecule has 0 amide bonds. The average molecular weight is 376 g/mol. The van der Waals surface area contributed by atoms with Crippen LogP contribution in [-0.2, 0) is 14.2 Å². The van der Waals surface area contributed by atoms with Crippen LogP contribution in [0.15, 0.2) is 30.3 Å². The van der Waals surface area contributed by atoms with Crippen LogP contribution in [0.4, 0.5) is 8.78 Å². The van der Waals surface area contributed by atoms with Crippen molar-refractivity contribution in [1.82, 2.24) is 0 Å². The monoisotopic (exact) mass is 376 g/mol. The molecule has 146 valence electrons. The van der Waals surface area contributed by atoms with Gasteiger partial charge >= 0.3 is 0 Å². The standard InChI is InChI=1S/C22H26F2O3/c1-2-3-14-4-7-21(25-11-14)18-12-26-22(27-13-18)16-6-5-15-9-19(23)20(24)10-17(15)8-16/h5-6,8-10,14,18,21-22H,2-4,7,11-13H2,1H3. The van der Waals surface area contributed by atoms with E-state index in [0.29, 0.717) is 29.9 Å². The first-order valence-electron chi connectivity index (χ1n) is 9.87. The number of fused-ring (bicyclic) bond motifs is 1. The Bertz CT molecular complexity index is 778. The zero-order valence-electron chi connectivity index (χ0n) is 15.6. The van der Waals surface area contributed by atoms with Gasteiger partial charge in [-0.1, -0.05) is 25.5 Å². The Hall–Kier alpha value is -1.56. The van der Waals surface area contributed by atoms with Crippen molar-refractivity contribution in [3.63, 3.8) is 0 Å². The molecule has 2 aromatic carbocycles. The van der Waals surface area contributed by atoms with Crippen LogP contribution < -0.4 is 0 Å². The minimum Gasteiger partial charge on any atom is -0.377 e. The molecule has 2 aromatic rings. The number of hydrogen-bond acceptors (Lipinski definition) is 3. The van der Waals surface area contributed by atoms with Crippen LogP contribution in [0.2, 0.25) is 0 Å². The highest BCUT2D eigenvalue weighted by Gasteiger charge is 2.33. The van der Waals surface area contributed by atoms with E-state index in [1.807, 2.05) is 6.07 Å². The van der Waals surface area contributed by atoms with Crippen molar-refractivity contribution < 1.29 is 23.0 Å². The van der Waals surface area contributed by atoms with Gasteiger partial charge in [0.25, 0.3) is 0 Å². The van der Waals surface area contributed by atoms with Gasteiger partial charge < -0.3 is 14.2 Å². The average Bonchev–Trinajstić information content (AvgIpc) is 2.70. The molecular formula is C22H26F2O3. The lowest BCUT2D eigenvalue weighted by atomic mass is 9.89. The first-order chi connectivity index (χ1) is 13.1. The van der Waals surface area contributed by atoms with Gasteiger partial charge in [-0.25, -0.2) is 8.78 Å². The van der Waals surface area contributed by atoms with Gasteiger partial charge in [0.15, 0.2) is 17.9 Å². The molecule has 0 spiro atoms. The zero-order chi connectivity index (χ0) is 18.8. The maximum Gasteiger partial charge on any atom is 0.183 e. The van der Waals surface area contributed by atoms with Crippen LogP contribution >= 0.6 is 0 Å². The van der Waals surface area contributed by atoms with E-state index in [-0.39, 0.29) is 12.0 Å². The van der Waals surface area contributed by atoms with Gasteiger partial charge in [-0.15, -0.1) is 0 Å². The van der Waals surface area contributed by atoms with Crippen LogP contribution in [0, 0.1) is 23.5 Å². The Balaban J connectivity index is 1.36. The summed E-state index contributed by atoms with van der Waals surface area (Å²) in [6.07, 6.45) is 4.44. The van der Waals surface area contributed by atoms with Gasteiger partial charge in [-0.2, -0.15) is 0 Å². The van der Waals surface area contributed by atoms with E-state index in [1.54, 1.807) is 12.1 Å². The van der Waals surface area contributed by atoms with Crippen LogP contribution in [0.1, 0.15) is 44.5 Å². The van der Waals surface area contributed by atoms with Crippen LogP contribution in [0.3, 0.4) is 0 Å². The predicted octanol–water partition coefficient (Wildman–Crippen LogP) is 5.37. The molecule has 2 saturated heterocycles. The number of ether oxygens (including phenoxy) is 3. The molecule has 2 atom stereocenters. The fourth-order valence-electron chi connectivity index (χ4n) is 4.17. The molecule has 2 unspecified atom stereocenters. The molecule has 0 aromatic heterocycles. The summed E-state index contributed by atoms with van der Waals surface area (Å²) in [4.78, 5) is 0. The molecule has 0 aliphatic carbocycles. The molecule has 2 fully saturated rings. The molecule has 5 heteroatoms. The Kier molecular flexibility index (Phi) is 5.71. The summed E-state index contributed by atoms with van der Waals surface area (Å²) >= 11 is 0. The summed E-state index contributed by atoms with van der Waals surface area (Å²) < 4.78 is 44.8. The lowest BCUT2D eigenvalue weighted by molar-refractivity contribution is -0.227. The smallest absolute Gasteiger partial charge is 0.183 e. The molecular weight excluding hydrogens is 350 g/mol. The van der Waals surface area contributed by atoms with Crippen molar-refractivity contribution in [3.8, 4) is 0 Å². The number of rotatable bonds is 4. The van der Waals surface area contributed by atoms with Crippen molar-refractivity contribution in [2.75, 3.05) is 19.8 Å². The molecule has 4 rings (SSSR count). The van der Waals surface area contributed by atoms with E-state index in [4.69, 9.17) is 14.2 Å². The Morgan fingerprint density at radius 3 is 2.30 bits per heavy atom. The van der Waals surface area contributed by atoms with Gasteiger partial charge in [-0.3, -0.25) is 0 Å². The normalized spacial score (nSPS) is 29.1. The van der Waals surface area contributed by atoms with Crippen molar-refractivity contribution in [2.24, 2.45) is 11.8 Å². The number of halogens is 2. The zero-order valence-corrected chi connectivity index (χ0v) is 15.6. The summed E-state index contributed by atoms with van der Waals surface area (Å²) in [6.45, 7) is 4.23. The second-order valence-corrected chi connectivity index (χ2v) is 7.74. The fourth-order valence-corrected chi connectivity index (χ4v) is 4.17. The lowest BCUT2D eigenvalue weighted by Crippen LogP contribution is -2.40. The van der Waals surface area contributed by atoms with Gasteiger partial charge in [0, 0.05) is 18.1 Å². The van der Waals surface area contributed by atoms with Gasteiger partial charge in [-0.05, 0) is 54.2 Å². The summed E-state index contributed by atoms with van der Waals surface area (Å²) in [7, 11) is 0. The minimum absolute atomic E-state index is 0.202. The third-order valence-corrected chi connectivity index (χ3v) is 5.73. The maximum absolute atomic E-state index is 13.5. The van der Waals surface area contributed by atoms with Crippen molar-refractivity contribution >= 4 is 10.8 Å². The number of benzene rings is 2. The molecule has 0 saturated carbocycles. The summed E-state index contributed by atoms with van der Waals surface area (Å²) in [5.74, 6) is -0.749. The highest BCUT2D eigenvalue weighted by molar-refractivity contribution is 5.83. The fraction of sp³-hybridized carbons (Fsp3) is 0.545. The quantitative estimate of drug-likeness (QED) is 0.717. The second kappa shape index (κ2) is 8.21. The molecule has 3 nitrogen and oxygen atoms in total. The maximum atomic E-state index is 13.5. The van der Waals surface area contributed by atoms with E-state index in [1.165, 1.54) is 31.4 Å². The predicted molar refractivity (Wildman–Crippen MR) is 99.4 cm³/mol. The highest BCUT2D eigenvalue weighted by Crippen LogP contribution is 2.33. The molecule has 0 N–H and O–H groups in total. The SMILES string of the molecule is CCCC1CCC(C2COC(c3ccc4cc(F)c(F)cc4c3)OC2)OC1. The second-order valence-electron chi connectivity index (χ2n) is 7.74. The number of hydrogen-bond donors (Lipinski definition) is 0. The Labute approximate surface area is 158 Å². The Morgan fingerprint density at radius 2 is 1.63 bits per heavy atom. The first kappa shape index (κ1) is 18.8. The van der Waals surface area contributed by atoms with Gasteiger partial charge in [0.2, 0.25) is 0 Å². The molecule has 2 aliphatic heterocycles. The van der Waals surface area contributed by atoms with Crippen LogP contribution in [0.5, 0.6) is 0 Å². The van der Waals surface area contributed by atoms with Crippen molar-refractivity contribution in [1.29, 1.82) is 0 Å². The van der Waals surface area contributed by atoms with E-state index in [0.717, 1.165) is 18.6 Å². The minimum atomic E-state index is -0.846. The summed E-state index contributed by atoms with van der Waals surface area (Å²) in [5.41, 5.74) is 0.819. The molecule has 0 bridgehead atoms. The molecule has 0 radical (unpaired) electrons. The van der Waals surface area contributed by atoms with Gasteiger partial charge in [0.1, 0.15) is 0 Å². The van der Waals surface area contributed by atoms with Crippen molar-refractivity contribution in [3.05, 3.63) is 47.5 Å². The van der Waals surface area contributed by atoms with E-state index in [2.05, 4.69) is 6.92 Å². The highest BCUT2D eigenvalue weighted by atomic mass is 19.2. The summed E-state index contributed by atoms with van der Waals surface area (Å²) in [5, 5.41) is 1.29. The molecule has 2 aliphatic rings. The third kappa shape index (κ3) is 4.15. The third-order valence-electron chi connectivity index (χ3n) is 5.73. The van der Waals surface area contributed by atoms with Crippen molar-refractivity contribution in [2.45, 2.75) is 45.0 Å². The van der Waals surface area contributed by atoms with E-state index < -0.39 is 17.9 Å². The largest absolute Gasteiger partial charge is 0.377 e. The van der Waals surface area contributed by atoms with Crippen LogP contribution in [0.25, 0.3) is 10.8 Å². The van der Waals surface area contributed by atoms with Crippen LogP contribution in [-0.4, -0.2) is 25.9 Å².